The van der Waals surface area contributed by atoms with E-state index in [9.17, 15) is 0 Å². The third-order valence-corrected chi connectivity index (χ3v) is 3.44. The van der Waals surface area contributed by atoms with E-state index in [2.05, 4.69) is 46.2 Å². The minimum atomic E-state index is 0.325. The molecule has 0 aliphatic rings. The molecule has 90 valence electrons. The summed E-state index contributed by atoms with van der Waals surface area (Å²) in [6.07, 6.45) is 4.02. The van der Waals surface area contributed by atoms with Gasteiger partial charge in [-0.1, -0.05) is 13.0 Å². The molecule has 0 saturated carbocycles. The molecule has 1 N–H and O–H groups in total. The van der Waals surface area contributed by atoms with E-state index < -0.39 is 0 Å². The molecule has 3 heteroatoms. The van der Waals surface area contributed by atoms with Gasteiger partial charge in [-0.2, -0.15) is 11.3 Å². The van der Waals surface area contributed by atoms with Crippen LogP contribution in [-0.4, -0.2) is 11.5 Å². The molecule has 0 saturated heterocycles. The van der Waals surface area contributed by atoms with Gasteiger partial charge in [0.2, 0.25) is 0 Å². The Morgan fingerprint density at radius 1 is 1.35 bits per heavy atom. The van der Waals surface area contributed by atoms with Crippen LogP contribution in [0.2, 0.25) is 0 Å². The zero-order valence-electron chi connectivity index (χ0n) is 10.1. The highest BCUT2D eigenvalue weighted by molar-refractivity contribution is 7.07. The van der Waals surface area contributed by atoms with Crippen LogP contribution in [0.5, 0.6) is 0 Å². The fourth-order valence-electron chi connectivity index (χ4n) is 1.83. The van der Waals surface area contributed by atoms with Crippen molar-refractivity contribution < 1.29 is 0 Å². The van der Waals surface area contributed by atoms with Gasteiger partial charge in [0.05, 0.1) is 11.7 Å². The summed E-state index contributed by atoms with van der Waals surface area (Å²) in [6, 6.07) is 8.63. The molecule has 0 aliphatic carbocycles. The van der Waals surface area contributed by atoms with Crippen LogP contribution in [0.15, 0.2) is 41.2 Å². The van der Waals surface area contributed by atoms with Crippen LogP contribution >= 0.6 is 11.3 Å². The number of pyridine rings is 1. The van der Waals surface area contributed by atoms with Crippen LogP contribution in [0.3, 0.4) is 0 Å². The quantitative estimate of drug-likeness (QED) is 0.844. The molecule has 2 rings (SSSR count). The Morgan fingerprint density at radius 3 is 2.94 bits per heavy atom. The van der Waals surface area contributed by atoms with Crippen LogP contribution in [0, 0.1) is 0 Å². The fourth-order valence-corrected chi connectivity index (χ4v) is 2.51. The summed E-state index contributed by atoms with van der Waals surface area (Å²) >= 11 is 1.75. The normalized spacial score (nSPS) is 12.5. The number of thiophene rings is 1. The number of nitrogens with zero attached hydrogens (tertiary/aromatic N) is 1. The van der Waals surface area contributed by atoms with Crippen LogP contribution in [0.25, 0.3) is 0 Å². The lowest BCUT2D eigenvalue weighted by Crippen LogP contribution is -2.24. The Bertz CT molecular complexity index is 411. The number of hydrogen-bond acceptors (Lipinski definition) is 3. The standard InChI is InChI=1S/C14H18N2S/c1-2-7-15-14(10-12-6-9-17-11-12)13-5-3-4-8-16-13/h3-6,8-9,11,14-15H,2,7,10H2,1H3. The predicted octanol–water partition coefficient (Wildman–Crippen LogP) is 3.43. The number of nitrogens with one attached hydrogen (secondary N) is 1. The summed E-state index contributed by atoms with van der Waals surface area (Å²) in [5.41, 5.74) is 2.52. The van der Waals surface area contributed by atoms with Crippen molar-refractivity contribution in [2.45, 2.75) is 25.8 Å². The second-order valence-electron chi connectivity index (χ2n) is 4.10. The first-order valence-corrected chi connectivity index (χ1v) is 7.00. The van der Waals surface area contributed by atoms with Crippen molar-refractivity contribution in [3.05, 3.63) is 52.5 Å². The highest BCUT2D eigenvalue weighted by atomic mass is 32.1. The molecule has 1 unspecified atom stereocenters. The van der Waals surface area contributed by atoms with Crippen LogP contribution in [-0.2, 0) is 6.42 Å². The van der Waals surface area contributed by atoms with Gasteiger partial charge in [-0.3, -0.25) is 4.98 Å². The molecule has 17 heavy (non-hydrogen) atoms. The van der Waals surface area contributed by atoms with Crippen molar-refractivity contribution in [2.24, 2.45) is 0 Å². The largest absolute Gasteiger partial charge is 0.308 e. The maximum atomic E-state index is 4.45. The SMILES string of the molecule is CCCNC(Cc1ccsc1)c1ccccn1. The molecule has 2 aromatic rings. The summed E-state index contributed by atoms with van der Waals surface area (Å²) in [7, 11) is 0. The van der Waals surface area contributed by atoms with E-state index >= 15 is 0 Å². The smallest absolute Gasteiger partial charge is 0.0576 e. The summed E-state index contributed by atoms with van der Waals surface area (Å²) in [5.74, 6) is 0. The van der Waals surface area contributed by atoms with E-state index in [-0.39, 0.29) is 0 Å². The molecular weight excluding hydrogens is 228 g/mol. The predicted molar refractivity (Wildman–Crippen MR) is 73.3 cm³/mol. The Balaban J connectivity index is 2.08. The van der Waals surface area contributed by atoms with Crippen LogP contribution in [0.4, 0.5) is 0 Å². The average Bonchev–Trinajstić information content (AvgIpc) is 2.88. The third kappa shape index (κ3) is 3.65. The van der Waals surface area contributed by atoms with E-state index in [0.29, 0.717) is 6.04 Å². The van der Waals surface area contributed by atoms with Crippen molar-refractivity contribution in [1.29, 1.82) is 0 Å². The molecule has 2 heterocycles. The van der Waals surface area contributed by atoms with E-state index in [1.54, 1.807) is 11.3 Å². The van der Waals surface area contributed by atoms with Crippen molar-refractivity contribution in [1.82, 2.24) is 10.3 Å². The van der Waals surface area contributed by atoms with Crippen LogP contribution in [0.1, 0.15) is 30.6 Å². The highest BCUT2D eigenvalue weighted by Gasteiger charge is 2.12. The van der Waals surface area contributed by atoms with Crippen LogP contribution < -0.4 is 5.32 Å². The fraction of sp³-hybridized carbons (Fsp3) is 0.357. The first kappa shape index (κ1) is 12.3. The number of aromatic nitrogens is 1. The Labute approximate surface area is 107 Å². The third-order valence-electron chi connectivity index (χ3n) is 2.71. The molecular formula is C14H18N2S. The van der Waals surface area contributed by atoms with Gasteiger partial charge in [0.25, 0.3) is 0 Å². The molecule has 2 nitrogen and oxygen atoms in total. The van der Waals surface area contributed by atoms with Gasteiger partial charge in [0.15, 0.2) is 0 Å². The Kier molecular flexibility index (Phi) is 4.71. The number of rotatable bonds is 6. The van der Waals surface area contributed by atoms with E-state index in [0.717, 1.165) is 25.1 Å². The maximum absolute atomic E-state index is 4.45. The average molecular weight is 246 g/mol. The van der Waals surface area contributed by atoms with Gasteiger partial charge in [0.1, 0.15) is 0 Å². The molecule has 0 spiro atoms. The first-order chi connectivity index (χ1) is 8.40. The van der Waals surface area contributed by atoms with Crippen molar-refractivity contribution in [3.63, 3.8) is 0 Å². The van der Waals surface area contributed by atoms with Gasteiger partial charge >= 0.3 is 0 Å². The molecule has 0 aliphatic heterocycles. The van der Waals surface area contributed by atoms with Gasteiger partial charge in [-0.25, -0.2) is 0 Å². The lowest BCUT2D eigenvalue weighted by atomic mass is 10.1. The minimum Gasteiger partial charge on any atom is -0.308 e. The Morgan fingerprint density at radius 2 is 2.29 bits per heavy atom. The maximum Gasteiger partial charge on any atom is 0.0576 e. The zero-order chi connectivity index (χ0) is 11.9. The van der Waals surface area contributed by atoms with Crippen molar-refractivity contribution in [2.75, 3.05) is 6.54 Å². The van der Waals surface area contributed by atoms with Gasteiger partial charge in [0, 0.05) is 6.20 Å². The second-order valence-corrected chi connectivity index (χ2v) is 4.88. The molecule has 0 aromatic carbocycles. The lowest BCUT2D eigenvalue weighted by molar-refractivity contribution is 0.518. The van der Waals surface area contributed by atoms with Crippen molar-refractivity contribution in [3.8, 4) is 0 Å². The van der Waals surface area contributed by atoms with Gasteiger partial charge in [-0.05, 0) is 53.9 Å². The zero-order valence-corrected chi connectivity index (χ0v) is 10.9. The molecule has 0 fully saturated rings. The molecule has 0 radical (unpaired) electrons. The van der Waals surface area contributed by atoms with Crippen molar-refractivity contribution >= 4 is 11.3 Å². The van der Waals surface area contributed by atoms with E-state index in [4.69, 9.17) is 0 Å². The first-order valence-electron chi connectivity index (χ1n) is 6.05. The summed E-state index contributed by atoms with van der Waals surface area (Å²) in [6.45, 7) is 3.22. The topological polar surface area (TPSA) is 24.9 Å². The molecule has 0 bridgehead atoms. The highest BCUT2D eigenvalue weighted by Crippen LogP contribution is 2.18. The summed E-state index contributed by atoms with van der Waals surface area (Å²) in [4.78, 5) is 4.45. The Hall–Kier alpha value is -1.19. The molecule has 0 amide bonds. The van der Waals surface area contributed by atoms with E-state index in [1.165, 1.54) is 5.56 Å². The molecule has 2 aromatic heterocycles. The lowest BCUT2D eigenvalue weighted by Gasteiger charge is -2.17. The monoisotopic (exact) mass is 246 g/mol. The second kappa shape index (κ2) is 6.52. The van der Waals surface area contributed by atoms with E-state index in [1.807, 2.05) is 12.3 Å². The number of hydrogen-bond donors (Lipinski definition) is 1. The van der Waals surface area contributed by atoms with Gasteiger partial charge < -0.3 is 5.32 Å². The molecule has 1 atom stereocenters. The summed E-state index contributed by atoms with van der Waals surface area (Å²) in [5, 5.41) is 7.91. The minimum absolute atomic E-state index is 0.325. The van der Waals surface area contributed by atoms with Gasteiger partial charge in [-0.15, -0.1) is 0 Å². The summed E-state index contributed by atoms with van der Waals surface area (Å²) < 4.78 is 0.